The van der Waals surface area contributed by atoms with E-state index in [0.29, 0.717) is 13.1 Å². The van der Waals surface area contributed by atoms with E-state index in [4.69, 9.17) is 4.74 Å². The summed E-state index contributed by atoms with van der Waals surface area (Å²) in [5.41, 5.74) is 0. The van der Waals surface area contributed by atoms with Crippen molar-refractivity contribution < 1.29 is 14.3 Å². The molecule has 110 valence electrons. The highest BCUT2D eigenvalue weighted by atomic mass is 16.5. The lowest BCUT2D eigenvalue weighted by molar-refractivity contribution is -0.140. The predicted molar refractivity (Wildman–Crippen MR) is 72.8 cm³/mol. The first-order chi connectivity index (χ1) is 8.95. The van der Waals surface area contributed by atoms with E-state index < -0.39 is 6.10 Å². The first-order valence-corrected chi connectivity index (χ1v) is 6.69. The Morgan fingerprint density at radius 3 is 2.47 bits per heavy atom. The normalized spacial score (nSPS) is 18.8. The van der Waals surface area contributed by atoms with Crippen LogP contribution < -0.4 is 0 Å². The van der Waals surface area contributed by atoms with Gasteiger partial charge in [-0.25, -0.2) is 0 Å². The molecule has 0 radical (unpaired) electrons. The van der Waals surface area contributed by atoms with Crippen molar-refractivity contribution in [3.8, 4) is 0 Å². The number of carbonyl (C=O) groups excluding carboxylic acids is 2. The first-order valence-electron chi connectivity index (χ1n) is 6.69. The second-order valence-electron chi connectivity index (χ2n) is 5.12. The van der Waals surface area contributed by atoms with Gasteiger partial charge in [0.05, 0.1) is 6.54 Å². The van der Waals surface area contributed by atoms with E-state index in [2.05, 4.69) is 4.90 Å². The molecular formula is C13H25N3O3. The van der Waals surface area contributed by atoms with E-state index in [-0.39, 0.29) is 11.8 Å². The number of methoxy groups -OCH3 is 1. The van der Waals surface area contributed by atoms with Crippen molar-refractivity contribution in [1.82, 2.24) is 14.7 Å². The van der Waals surface area contributed by atoms with Crippen LogP contribution in [0.5, 0.6) is 0 Å². The topological polar surface area (TPSA) is 53.1 Å². The minimum absolute atomic E-state index is 0.0308. The molecule has 1 rings (SSSR count). The van der Waals surface area contributed by atoms with Crippen LogP contribution in [0.3, 0.4) is 0 Å². The molecule has 0 N–H and O–H groups in total. The fourth-order valence-electron chi connectivity index (χ4n) is 2.04. The number of carbonyl (C=O) groups is 2. The Kier molecular flexibility index (Phi) is 6.24. The average Bonchev–Trinajstić information content (AvgIpc) is 2.62. The van der Waals surface area contributed by atoms with E-state index in [1.54, 1.807) is 33.0 Å². The second-order valence-corrected chi connectivity index (χ2v) is 5.12. The van der Waals surface area contributed by atoms with Crippen molar-refractivity contribution >= 4 is 11.8 Å². The molecule has 1 heterocycles. The monoisotopic (exact) mass is 271 g/mol. The summed E-state index contributed by atoms with van der Waals surface area (Å²) in [6, 6.07) is 0. The molecule has 1 aliphatic rings. The van der Waals surface area contributed by atoms with Crippen LogP contribution in [0.1, 0.15) is 13.3 Å². The molecule has 0 aromatic carbocycles. The van der Waals surface area contributed by atoms with Crippen molar-refractivity contribution in [1.29, 1.82) is 0 Å². The molecule has 19 heavy (non-hydrogen) atoms. The summed E-state index contributed by atoms with van der Waals surface area (Å²) >= 11 is 0. The Hall–Kier alpha value is -1.14. The van der Waals surface area contributed by atoms with Crippen LogP contribution in [0.2, 0.25) is 0 Å². The minimum Gasteiger partial charge on any atom is -0.372 e. The van der Waals surface area contributed by atoms with Crippen LogP contribution in [-0.2, 0) is 14.3 Å². The number of rotatable bonds is 4. The van der Waals surface area contributed by atoms with E-state index >= 15 is 0 Å². The van der Waals surface area contributed by atoms with Crippen LogP contribution in [-0.4, -0.2) is 86.5 Å². The molecule has 1 atom stereocenters. The molecule has 1 unspecified atom stereocenters. The van der Waals surface area contributed by atoms with Gasteiger partial charge in [-0.15, -0.1) is 0 Å². The summed E-state index contributed by atoms with van der Waals surface area (Å²) in [6.45, 7) is 5.17. The summed E-state index contributed by atoms with van der Waals surface area (Å²) in [4.78, 5) is 29.2. The number of hydrogen-bond donors (Lipinski definition) is 0. The standard InChI is InChI=1S/C13H25N3O3/c1-11(19-4)13(18)16-7-5-6-15(8-9-16)10-12(17)14(2)3/h11H,5-10H2,1-4H3. The van der Waals surface area contributed by atoms with Gasteiger partial charge < -0.3 is 14.5 Å². The van der Waals surface area contributed by atoms with Crippen LogP contribution in [0.4, 0.5) is 0 Å². The third kappa shape index (κ3) is 4.80. The Morgan fingerprint density at radius 1 is 1.21 bits per heavy atom. The van der Waals surface area contributed by atoms with Crippen LogP contribution >= 0.6 is 0 Å². The highest BCUT2D eigenvalue weighted by molar-refractivity contribution is 5.80. The van der Waals surface area contributed by atoms with E-state index in [0.717, 1.165) is 26.1 Å². The van der Waals surface area contributed by atoms with Gasteiger partial charge in [0.25, 0.3) is 5.91 Å². The zero-order valence-corrected chi connectivity index (χ0v) is 12.4. The Balaban J connectivity index is 2.47. The predicted octanol–water partition coefficient (Wildman–Crippen LogP) is -0.356. The number of amides is 2. The number of hydrogen-bond acceptors (Lipinski definition) is 4. The molecule has 6 nitrogen and oxygen atoms in total. The summed E-state index contributed by atoms with van der Waals surface area (Å²) in [5.74, 6) is 0.133. The van der Waals surface area contributed by atoms with Gasteiger partial charge in [-0.05, 0) is 13.3 Å². The number of ether oxygens (including phenoxy) is 1. The van der Waals surface area contributed by atoms with Gasteiger partial charge in [0.2, 0.25) is 5.91 Å². The zero-order chi connectivity index (χ0) is 14.4. The molecule has 1 fully saturated rings. The molecule has 2 amide bonds. The highest BCUT2D eigenvalue weighted by Crippen LogP contribution is 2.06. The summed E-state index contributed by atoms with van der Waals surface area (Å²) in [7, 11) is 5.06. The molecular weight excluding hydrogens is 246 g/mol. The smallest absolute Gasteiger partial charge is 0.251 e. The lowest BCUT2D eigenvalue weighted by atomic mass is 10.3. The van der Waals surface area contributed by atoms with Crippen LogP contribution in [0, 0.1) is 0 Å². The molecule has 0 bridgehead atoms. The highest BCUT2D eigenvalue weighted by Gasteiger charge is 2.23. The van der Waals surface area contributed by atoms with Crippen molar-refractivity contribution in [3.63, 3.8) is 0 Å². The van der Waals surface area contributed by atoms with Gasteiger partial charge in [0, 0.05) is 47.4 Å². The summed E-state index contributed by atoms with van der Waals surface area (Å²) in [5, 5.41) is 0. The molecule has 1 saturated heterocycles. The summed E-state index contributed by atoms with van der Waals surface area (Å²) in [6.07, 6.45) is 0.498. The van der Waals surface area contributed by atoms with E-state index in [1.165, 1.54) is 0 Å². The fraction of sp³-hybridized carbons (Fsp3) is 0.846. The lowest BCUT2D eigenvalue weighted by Gasteiger charge is -2.24. The third-order valence-electron chi connectivity index (χ3n) is 3.46. The van der Waals surface area contributed by atoms with Gasteiger partial charge in [-0.1, -0.05) is 0 Å². The Labute approximate surface area is 115 Å². The van der Waals surface area contributed by atoms with Crippen LogP contribution in [0.25, 0.3) is 0 Å². The fourth-order valence-corrected chi connectivity index (χ4v) is 2.04. The van der Waals surface area contributed by atoms with E-state index in [9.17, 15) is 9.59 Å². The van der Waals surface area contributed by atoms with Crippen molar-refractivity contribution in [2.75, 3.05) is 53.9 Å². The Morgan fingerprint density at radius 2 is 1.89 bits per heavy atom. The molecule has 0 aromatic rings. The number of likely N-dealkylation sites (N-methyl/N-ethyl adjacent to an activating group) is 1. The molecule has 6 heteroatoms. The van der Waals surface area contributed by atoms with Gasteiger partial charge in [-0.2, -0.15) is 0 Å². The van der Waals surface area contributed by atoms with Gasteiger partial charge >= 0.3 is 0 Å². The van der Waals surface area contributed by atoms with Gasteiger partial charge in [0.15, 0.2) is 0 Å². The van der Waals surface area contributed by atoms with Gasteiger partial charge in [0.1, 0.15) is 6.10 Å². The molecule has 0 aliphatic carbocycles. The molecule has 0 saturated carbocycles. The third-order valence-corrected chi connectivity index (χ3v) is 3.46. The largest absolute Gasteiger partial charge is 0.372 e. The van der Waals surface area contributed by atoms with Crippen molar-refractivity contribution in [2.24, 2.45) is 0 Å². The van der Waals surface area contributed by atoms with Crippen LogP contribution in [0.15, 0.2) is 0 Å². The maximum absolute atomic E-state index is 12.0. The lowest BCUT2D eigenvalue weighted by Crippen LogP contribution is -2.42. The quantitative estimate of drug-likeness (QED) is 0.701. The minimum atomic E-state index is -0.394. The van der Waals surface area contributed by atoms with Crippen molar-refractivity contribution in [2.45, 2.75) is 19.4 Å². The van der Waals surface area contributed by atoms with E-state index in [1.807, 2.05) is 4.90 Å². The van der Waals surface area contributed by atoms with Crippen molar-refractivity contribution in [3.05, 3.63) is 0 Å². The van der Waals surface area contributed by atoms with Gasteiger partial charge in [-0.3, -0.25) is 14.5 Å². The maximum Gasteiger partial charge on any atom is 0.251 e. The second kappa shape index (κ2) is 7.45. The summed E-state index contributed by atoms with van der Waals surface area (Å²) < 4.78 is 5.06. The Bertz CT molecular complexity index is 320. The molecule has 0 aromatic heterocycles. The molecule has 0 spiro atoms. The maximum atomic E-state index is 12.0. The average molecular weight is 271 g/mol. The SMILES string of the molecule is COC(C)C(=O)N1CCCN(CC(=O)N(C)C)CC1. The number of nitrogens with zero attached hydrogens (tertiary/aromatic N) is 3. The first kappa shape index (κ1) is 15.9. The zero-order valence-electron chi connectivity index (χ0n) is 12.4. The molecule has 1 aliphatic heterocycles.